The van der Waals surface area contributed by atoms with Crippen molar-refractivity contribution >= 4 is 8.46 Å². The lowest BCUT2D eigenvalue weighted by atomic mass is 10.0. The lowest BCUT2D eigenvalue weighted by molar-refractivity contribution is 0.405. The second-order valence-electron chi connectivity index (χ2n) is 3.35. The van der Waals surface area contributed by atoms with Gasteiger partial charge in [0, 0.05) is 5.56 Å². The number of benzene rings is 1. The third-order valence-corrected chi connectivity index (χ3v) is 2.69. The van der Waals surface area contributed by atoms with Crippen molar-refractivity contribution in [1.82, 2.24) is 0 Å². The summed E-state index contributed by atoms with van der Waals surface area (Å²) in [7, 11) is 1.73. The molecule has 0 bridgehead atoms. The van der Waals surface area contributed by atoms with Crippen LogP contribution in [0.25, 0.3) is 0 Å². The second kappa shape index (κ2) is 3.89. The Labute approximate surface area is 80.1 Å². The maximum absolute atomic E-state index is 10.9. The fourth-order valence-corrected chi connectivity index (χ4v) is 1.48. The number of methoxy groups -OCH3 is 1. The van der Waals surface area contributed by atoms with E-state index >= 15 is 0 Å². The fourth-order valence-electron chi connectivity index (χ4n) is 1.20. The molecule has 0 aromatic heterocycles. The average Bonchev–Trinajstić information content (AvgIpc) is 2.18. The van der Waals surface area contributed by atoms with Gasteiger partial charge in [0.25, 0.3) is 0 Å². The molecule has 0 saturated carbocycles. The van der Waals surface area contributed by atoms with Gasteiger partial charge in [0.1, 0.15) is 5.75 Å². The smallest absolute Gasteiger partial charge is 0.166 e. The molecule has 1 aromatic rings. The Kier molecular flexibility index (Phi) is 3.05. The molecule has 2 nitrogen and oxygen atoms in total. The van der Waals surface area contributed by atoms with E-state index in [0.717, 1.165) is 11.3 Å². The first-order chi connectivity index (χ1) is 6.11. The quantitative estimate of drug-likeness (QED) is 0.694. The SMILES string of the molecule is COc1ccccc1C(C)(C)P=O. The van der Waals surface area contributed by atoms with Crippen LogP contribution < -0.4 is 4.74 Å². The number of hydrogen-bond donors (Lipinski definition) is 0. The van der Waals surface area contributed by atoms with Crippen molar-refractivity contribution in [2.75, 3.05) is 7.11 Å². The Bertz CT molecular complexity index is 308. The molecule has 0 aliphatic carbocycles. The minimum Gasteiger partial charge on any atom is -0.496 e. The Morgan fingerprint density at radius 1 is 1.31 bits per heavy atom. The third-order valence-electron chi connectivity index (χ3n) is 1.99. The van der Waals surface area contributed by atoms with Gasteiger partial charge in [-0.05, 0) is 19.9 Å². The predicted molar refractivity (Wildman–Crippen MR) is 53.6 cm³/mol. The summed E-state index contributed by atoms with van der Waals surface area (Å²) in [6.45, 7) is 3.83. The third kappa shape index (κ3) is 2.07. The summed E-state index contributed by atoms with van der Waals surface area (Å²) < 4.78 is 16.1. The van der Waals surface area contributed by atoms with Gasteiger partial charge in [-0.2, -0.15) is 0 Å². The highest BCUT2D eigenvalue weighted by Gasteiger charge is 2.24. The van der Waals surface area contributed by atoms with E-state index < -0.39 is 0 Å². The molecule has 0 saturated heterocycles. The molecule has 0 amide bonds. The van der Waals surface area contributed by atoms with Gasteiger partial charge in [0.15, 0.2) is 8.46 Å². The second-order valence-corrected chi connectivity index (χ2v) is 4.65. The highest BCUT2D eigenvalue weighted by atomic mass is 31.1. The number of rotatable bonds is 3. The fraction of sp³-hybridized carbons (Fsp3) is 0.400. The molecule has 0 N–H and O–H groups in total. The van der Waals surface area contributed by atoms with Crippen molar-refractivity contribution in [2.24, 2.45) is 0 Å². The van der Waals surface area contributed by atoms with Gasteiger partial charge in [-0.15, -0.1) is 0 Å². The minimum atomic E-state index is -0.382. The molecular weight excluding hydrogens is 183 g/mol. The minimum absolute atomic E-state index is 0.106. The van der Waals surface area contributed by atoms with Crippen LogP contribution in [-0.2, 0) is 9.72 Å². The molecule has 13 heavy (non-hydrogen) atoms. The summed E-state index contributed by atoms with van der Waals surface area (Å²) in [5, 5.41) is -0.382. The topological polar surface area (TPSA) is 26.3 Å². The summed E-state index contributed by atoms with van der Waals surface area (Å²) in [4.78, 5) is 0. The zero-order valence-electron chi connectivity index (χ0n) is 8.07. The van der Waals surface area contributed by atoms with Gasteiger partial charge < -0.3 is 4.74 Å². The normalized spacial score (nSPS) is 11.6. The van der Waals surface area contributed by atoms with Crippen molar-refractivity contribution < 1.29 is 9.30 Å². The van der Waals surface area contributed by atoms with Gasteiger partial charge in [0.05, 0.1) is 12.3 Å². The first kappa shape index (κ1) is 10.2. The Morgan fingerprint density at radius 3 is 2.46 bits per heavy atom. The van der Waals surface area contributed by atoms with E-state index in [-0.39, 0.29) is 13.6 Å². The molecule has 0 unspecified atom stereocenters. The first-order valence-corrected chi connectivity index (χ1v) is 4.91. The van der Waals surface area contributed by atoms with Crippen LogP contribution in [0.5, 0.6) is 5.75 Å². The summed E-state index contributed by atoms with van der Waals surface area (Å²) in [5.74, 6) is 0.788. The van der Waals surface area contributed by atoms with E-state index in [4.69, 9.17) is 4.74 Å². The molecule has 0 aliphatic heterocycles. The van der Waals surface area contributed by atoms with Crippen LogP contribution in [0.3, 0.4) is 0 Å². The summed E-state index contributed by atoms with van der Waals surface area (Å²) in [6.07, 6.45) is 0. The van der Waals surface area contributed by atoms with Gasteiger partial charge in [-0.1, -0.05) is 18.2 Å². The summed E-state index contributed by atoms with van der Waals surface area (Å²) in [5.41, 5.74) is 0.967. The van der Waals surface area contributed by atoms with E-state index in [0.29, 0.717) is 0 Å². The van der Waals surface area contributed by atoms with E-state index in [1.807, 2.05) is 38.1 Å². The molecule has 0 aliphatic rings. The van der Waals surface area contributed by atoms with Gasteiger partial charge in [0.2, 0.25) is 0 Å². The molecule has 0 spiro atoms. The van der Waals surface area contributed by atoms with Crippen molar-refractivity contribution in [3.05, 3.63) is 29.8 Å². The monoisotopic (exact) mass is 196 g/mol. The largest absolute Gasteiger partial charge is 0.496 e. The van der Waals surface area contributed by atoms with Crippen molar-refractivity contribution in [1.29, 1.82) is 0 Å². The molecular formula is C10H13O2P. The Morgan fingerprint density at radius 2 is 1.92 bits per heavy atom. The molecule has 0 atom stereocenters. The van der Waals surface area contributed by atoms with Crippen LogP contribution in [0.2, 0.25) is 0 Å². The number of ether oxygens (including phenoxy) is 1. The van der Waals surface area contributed by atoms with Crippen LogP contribution in [0, 0.1) is 0 Å². The zero-order valence-corrected chi connectivity index (χ0v) is 8.97. The lowest BCUT2D eigenvalue weighted by Crippen LogP contribution is -2.09. The molecule has 0 radical (unpaired) electrons. The standard InChI is InChI=1S/C10H13O2P/c1-10(2,13-11)8-6-4-5-7-9(8)12-3/h4-7H,1-3H3. The molecule has 1 rings (SSSR count). The summed E-state index contributed by atoms with van der Waals surface area (Å²) >= 11 is 0. The van der Waals surface area contributed by atoms with E-state index in [1.54, 1.807) is 7.11 Å². The zero-order chi connectivity index (χ0) is 9.90. The van der Waals surface area contributed by atoms with Gasteiger partial charge in [-0.3, -0.25) is 4.57 Å². The number of hydrogen-bond acceptors (Lipinski definition) is 2. The van der Waals surface area contributed by atoms with Crippen LogP contribution in [0.15, 0.2) is 24.3 Å². The summed E-state index contributed by atoms with van der Waals surface area (Å²) in [6, 6.07) is 7.64. The van der Waals surface area contributed by atoms with E-state index in [2.05, 4.69) is 0 Å². The van der Waals surface area contributed by atoms with E-state index in [9.17, 15) is 4.57 Å². The molecule has 1 aromatic carbocycles. The molecule has 70 valence electrons. The highest BCUT2D eigenvalue weighted by Crippen LogP contribution is 2.38. The van der Waals surface area contributed by atoms with Crippen LogP contribution >= 0.6 is 8.46 Å². The Hall–Kier alpha value is -0.880. The highest BCUT2D eigenvalue weighted by molar-refractivity contribution is 7.25. The number of para-hydroxylation sites is 1. The lowest BCUT2D eigenvalue weighted by Gasteiger charge is -2.18. The van der Waals surface area contributed by atoms with Crippen molar-refractivity contribution in [2.45, 2.75) is 19.0 Å². The van der Waals surface area contributed by atoms with Crippen LogP contribution in [-0.4, -0.2) is 7.11 Å². The van der Waals surface area contributed by atoms with Crippen molar-refractivity contribution in [3.8, 4) is 5.75 Å². The maximum atomic E-state index is 10.9. The van der Waals surface area contributed by atoms with Crippen molar-refractivity contribution in [3.63, 3.8) is 0 Å². The molecule has 0 fully saturated rings. The molecule has 0 heterocycles. The van der Waals surface area contributed by atoms with E-state index in [1.165, 1.54) is 0 Å². The first-order valence-electron chi connectivity index (χ1n) is 4.10. The molecule has 3 heteroatoms. The predicted octanol–water partition coefficient (Wildman–Crippen LogP) is 3.22. The van der Waals surface area contributed by atoms with Crippen LogP contribution in [0.4, 0.5) is 0 Å². The van der Waals surface area contributed by atoms with Crippen LogP contribution in [0.1, 0.15) is 19.4 Å². The van der Waals surface area contributed by atoms with Gasteiger partial charge in [-0.25, -0.2) is 0 Å². The average molecular weight is 196 g/mol. The Balaban J connectivity index is 3.20. The maximum Gasteiger partial charge on any atom is 0.166 e. The van der Waals surface area contributed by atoms with Gasteiger partial charge >= 0.3 is 0 Å².